The van der Waals surface area contributed by atoms with Gasteiger partial charge in [0, 0.05) is 12.4 Å². The summed E-state index contributed by atoms with van der Waals surface area (Å²) in [6, 6.07) is 18.1. The Morgan fingerprint density at radius 3 is 2.58 bits per heavy atom. The molecule has 0 saturated carbocycles. The summed E-state index contributed by atoms with van der Waals surface area (Å²) >= 11 is 0. The van der Waals surface area contributed by atoms with Crippen molar-refractivity contribution >= 4 is 5.91 Å². The van der Waals surface area contributed by atoms with Crippen molar-refractivity contribution in [3.63, 3.8) is 0 Å². The van der Waals surface area contributed by atoms with Crippen LogP contribution in [0.1, 0.15) is 30.5 Å². The number of hydrazine groups is 1. The van der Waals surface area contributed by atoms with Crippen molar-refractivity contribution in [2.24, 2.45) is 0 Å². The summed E-state index contributed by atoms with van der Waals surface area (Å²) in [5.74, 6) is 1.01. The highest BCUT2D eigenvalue weighted by Gasteiger charge is 2.39. The molecule has 2 aliphatic heterocycles. The molecule has 4 rings (SSSR count). The maximum Gasteiger partial charge on any atom is 0.251 e. The van der Waals surface area contributed by atoms with Crippen molar-refractivity contribution in [3.05, 3.63) is 78.1 Å². The number of rotatable bonds is 5. The fourth-order valence-electron chi connectivity index (χ4n) is 3.53. The fraction of sp³-hybridized carbons (Fsp3) is 0.286. The number of nitrogens with zero attached hydrogens (tertiary/aromatic N) is 2. The Labute approximate surface area is 153 Å². The van der Waals surface area contributed by atoms with Crippen LogP contribution >= 0.6 is 0 Å². The second-order valence-corrected chi connectivity index (χ2v) is 6.59. The lowest BCUT2D eigenvalue weighted by Gasteiger charge is -2.31. The van der Waals surface area contributed by atoms with Gasteiger partial charge in [-0.1, -0.05) is 42.5 Å². The molecule has 1 N–H and O–H groups in total. The standard InChI is InChI=1S/C21H23N3O2/c1-2-26-18-10-8-17(9-11-18)19-14-20-21(25)23(12-13-24(20)22-19)15-16-6-4-3-5-7-16/h3-13,19-20,22H,2,14-15H2,1H3. The molecule has 2 aromatic rings. The van der Waals surface area contributed by atoms with Crippen LogP contribution in [0.5, 0.6) is 5.75 Å². The van der Waals surface area contributed by atoms with Gasteiger partial charge in [-0.25, -0.2) is 5.43 Å². The smallest absolute Gasteiger partial charge is 0.251 e. The molecule has 0 aromatic heterocycles. The average Bonchev–Trinajstić information content (AvgIpc) is 3.11. The quantitative estimate of drug-likeness (QED) is 0.900. The summed E-state index contributed by atoms with van der Waals surface area (Å²) in [7, 11) is 0. The Morgan fingerprint density at radius 1 is 1.08 bits per heavy atom. The van der Waals surface area contributed by atoms with Gasteiger partial charge in [-0.05, 0) is 36.6 Å². The second-order valence-electron chi connectivity index (χ2n) is 6.59. The zero-order valence-corrected chi connectivity index (χ0v) is 14.8. The summed E-state index contributed by atoms with van der Waals surface area (Å²) in [5.41, 5.74) is 5.73. The van der Waals surface area contributed by atoms with E-state index >= 15 is 0 Å². The molecule has 0 spiro atoms. The number of nitrogens with one attached hydrogen (secondary N) is 1. The van der Waals surface area contributed by atoms with E-state index in [1.54, 1.807) is 4.90 Å². The van der Waals surface area contributed by atoms with Crippen LogP contribution in [0.2, 0.25) is 0 Å². The maximum atomic E-state index is 12.9. The number of benzene rings is 2. The average molecular weight is 349 g/mol. The van der Waals surface area contributed by atoms with Gasteiger partial charge in [-0.2, -0.15) is 0 Å². The summed E-state index contributed by atoms with van der Waals surface area (Å²) in [4.78, 5) is 14.7. The van der Waals surface area contributed by atoms with E-state index in [0.29, 0.717) is 13.2 Å². The van der Waals surface area contributed by atoms with E-state index in [4.69, 9.17) is 4.74 Å². The van der Waals surface area contributed by atoms with Gasteiger partial charge in [-0.3, -0.25) is 4.79 Å². The zero-order chi connectivity index (χ0) is 17.9. The first-order valence-electron chi connectivity index (χ1n) is 9.04. The van der Waals surface area contributed by atoms with Gasteiger partial charge >= 0.3 is 0 Å². The molecule has 0 radical (unpaired) electrons. The molecule has 5 heteroatoms. The minimum atomic E-state index is -0.166. The van der Waals surface area contributed by atoms with Gasteiger partial charge < -0.3 is 14.6 Å². The molecule has 2 atom stereocenters. The zero-order valence-electron chi connectivity index (χ0n) is 14.8. The molecular formula is C21H23N3O2. The normalized spacial score (nSPS) is 21.8. The van der Waals surface area contributed by atoms with Gasteiger partial charge in [0.2, 0.25) is 0 Å². The minimum Gasteiger partial charge on any atom is -0.494 e. The fourth-order valence-corrected chi connectivity index (χ4v) is 3.53. The third kappa shape index (κ3) is 3.30. The predicted octanol–water partition coefficient (Wildman–Crippen LogP) is 3.22. The highest BCUT2D eigenvalue weighted by molar-refractivity contribution is 5.84. The minimum absolute atomic E-state index is 0.126. The molecule has 2 aromatic carbocycles. The molecule has 26 heavy (non-hydrogen) atoms. The number of hydrogen-bond donors (Lipinski definition) is 1. The number of carbonyl (C=O) groups is 1. The number of hydrogen-bond acceptors (Lipinski definition) is 4. The number of carbonyl (C=O) groups excluding carboxylic acids is 1. The first-order valence-corrected chi connectivity index (χ1v) is 9.04. The molecule has 0 bridgehead atoms. The molecule has 1 fully saturated rings. The van der Waals surface area contributed by atoms with Gasteiger partial charge in [0.25, 0.3) is 5.91 Å². The topological polar surface area (TPSA) is 44.8 Å². The van der Waals surface area contributed by atoms with Crippen molar-refractivity contribution in [1.82, 2.24) is 15.3 Å². The lowest BCUT2D eigenvalue weighted by molar-refractivity contribution is -0.134. The van der Waals surface area contributed by atoms with Gasteiger partial charge in [0.15, 0.2) is 0 Å². The van der Waals surface area contributed by atoms with E-state index in [1.165, 1.54) is 5.56 Å². The van der Waals surface area contributed by atoms with Gasteiger partial charge in [0.1, 0.15) is 11.8 Å². The Bertz CT molecular complexity index is 789. The van der Waals surface area contributed by atoms with Crippen molar-refractivity contribution in [2.75, 3.05) is 6.61 Å². The Morgan fingerprint density at radius 2 is 1.85 bits per heavy atom. The largest absolute Gasteiger partial charge is 0.494 e. The third-order valence-electron chi connectivity index (χ3n) is 4.86. The first-order chi connectivity index (χ1) is 12.7. The second kappa shape index (κ2) is 7.22. The highest BCUT2D eigenvalue weighted by Crippen LogP contribution is 2.32. The first kappa shape index (κ1) is 16.7. The Hall–Kier alpha value is -2.79. The number of ether oxygens (including phenoxy) is 1. The van der Waals surface area contributed by atoms with E-state index in [1.807, 2.05) is 66.8 Å². The number of amides is 1. The van der Waals surface area contributed by atoms with Crippen LogP contribution < -0.4 is 10.2 Å². The molecular weight excluding hydrogens is 326 g/mol. The molecule has 2 unspecified atom stereocenters. The lowest BCUT2D eigenvalue weighted by atomic mass is 10.0. The summed E-state index contributed by atoms with van der Waals surface area (Å²) in [5, 5.41) is 1.94. The van der Waals surface area contributed by atoms with Crippen LogP contribution in [0.3, 0.4) is 0 Å². The molecule has 134 valence electrons. The molecule has 2 aliphatic rings. The van der Waals surface area contributed by atoms with Crippen molar-refractivity contribution in [3.8, 4) is 5.75 Å². The van der Waals surface area contributed by atoms with Gasteiger partial charge in [0.05, 0.1) is 19.2 Å². The molecule has 2 heterocycles. The third-order valence-corrected chi connectivity index (χ3v) is 4.86. The van der Waals surface area contributed by atoms with E-state index in [2.05, 4.69) is 17.6 Å². The lowest BCUT2D eigenvalue weighted by Crippen LogP contribution is -2.47. The monoisotopic (exact) mass is 349 g/mol. The van der Waals surface area contributed by atoms with Crippen LogP contribution in [0.25, 0.3) is 0 Å². The van der Waals surface area contributed by atoms with Crippen molar-refractivity contribution in [2.45, 2.75) is 32.0 Å². The summed E-state index contributed by atoms with van der Waals surface area (Å²) in [6.07, 6.45) is 4.57. The van der Waals surface area contributed by atoms with Crippen LogP contribution in [0.15, 0.2) is 67.0 Å². The molecule has 1 saturated heterocycles. The van der Waals surface area contributed by atoms with E-state index < -0.39 is 0 Å². The highest BCUT2D eigenvalue weighted by atomic mass is 16.5. The summed E-state index contributed by atoms with van der Waals surface area (Å²) in [6.45, 7) is 3.24. The van der Waals surface area contributed by atoms with E-state index in [9.17, 15) is 4.79 Å². The molecule has 0 aliphatic carbocycles. The van der Waals surface area contributed by atoms with Crippen LogP contribution in [-0.2, 0) is 11.3 Å². The SMILES string of the molecule is CCOc1ccc(C2CC3C(=O)N(Cc4ccccc4)C=CN3N2)cc1. The Balaban J connectivity index is 1.44. The predicted molar refractivity (Wildman–Crippen MR) is 99.9 cm³/mol. The molecule has 5 nitrogen and oxygen atoms in total. The van der Waals surface area contributed by atoms with Crippen molar-refractivity contribution < 1.29 is 9.53 Å². The van der Waals surface area contributed by atoms with Gasteiger partial charge in [-0.15, -0.1) is 0 Å². The Kier molecular flexibility index (Phi) is 4.63. The van der Waals surface area contributed by atoms with E-state index in [-0.39, 0.29) is 18.0 Å². The molecule has 1 amide bonds. The summed E-state index contributed by atoms with van der Waals surface area (Å²) < 4.78 is 5.50. The maximum absolute atomic E-state index is 12.9. The van der Waals surface area contributed by atoms with Crippen LogP contribution in [0, 0.1) is 0 Å². The van der Waals surface area contributed by atoms with E-state index in [0.717, 1.165) is 17.7 Å². The van der Waals surface area contributed by atoms with Crippen LogP contribution in [0.4, 0.5) is 0 Å². The van der Waals surface area contributed by atoms with Crippen LogP contribution in [-0.4, -0.2) is 28.5 Å². The number of fused-ring (bicyclic) bond motifs is 1. The van der Waals surface area contributed by atoms with Crippen molar-refractivity contribution in [1.29, 1.82) is 0 Å².